The van der Waals surface area contributed by atoms with E-state index in [-0.39, 0.29) is 18.2 Å². The lowest BCUT2D eigenvalue weighted by atomic mass is 9.67. The second-order valence-electron chi connectivity index (χ2n) is 7.98. The number of hydrogen-bond donors (Lipinski definition) is 1. The molecule has 1 N–H and O–H groups in total. The van der Waals surface area contributed by atoms with Crippen molar-refractivity contribution in [2.45, 2.75) is 43.9 Å². The Morgan fingerprint density at radius 3 is 2.86 bits per heavy atom. The van der Waals surface area contributed by atoms with Crippen LogP contribution in [-0.4, -0.2) is 41.2 Å². The van der Waals surface area contributed by atoms with Crippen LogP contribution >= 0.6 is 0 Å². The zero-order chi connectivity index (χ0) is 19.8. The molecule has 0 saturated carbocycles. The Hall–Kier alpha value is -2.86. The maximum absolute atomic E-state index is 12.9. The van der Waals surface area contributed by atoms with Crippen LogP contribution in [0.4, 0.5) is 4.79 Å². The first-order valence-corrected chi connectivity index (χ1v) is 10.2. The molecule has 2 aromatic rings. The van der Waals surface area contributed by atoms with E-state index in [1.807, 2.05) is 42.2 Å². The molecule has 5 rings (SSSR count). The van der Waals surface area contributed by atoms with Gasteiger partial charge in [0.05, 0.1) is 17.2 Å². The molecule has 3 heterocycles. The van der Waals surface area contributed by atoms with Crippen molar-refractivity contribution in [3.8, 4) is 0 Å². The maximum atomic E-state index is 12.9. The van der Waals surface area contributed by atoms with E-state index < -0.39 is 5.41 Å². The molecule has 3 unspecified atom stereocenters. The van der Waals surface area contributed by atoms with Crippen LogP contribution in [0.1, 0.15) is 30.0 Å². The highest BCUT2D eigenvalue weighted by Gasteiger charge is 2.58. The lowest BCUT2D eigenvalue weighted by molar-refractivity contribution is 0.0666. The molecular formula is C23H25N3O3. The number of oxazole rings is 1. The minimum atomic E-state index is -0.557. The number of nitrogens with zero attached hydrogens (tertiary/aromatic N) is 2. The molecule has 1 aromatic heterocycles. The van der Waals surface area contributed by atoms with Crippen LogP contribution in [0.5, 0.6) is 0 Å². The van der Waals surface area contributed by atoms with Crippen LogP contribution in [0.2, 0.25) is 0 Å². The zero-order valence-electron chi connectivity index (χ0n) is 16.5. The molecule has 3 aliphatic rings. The van der Waals surface area contributed by atoms with Gasteiger partial charge in [0.15, 0.2) is 5.89 Å². The van der Waals surface area contributed by atoms with Gasteiger partial charge < -0.3 is 14.5 Å². The van der Waals surface area contributed by atoms with E-state index in [9.17, 15) is 4.79 Å². The summed E-state index contributed by atoms with van der Waals surface area (Å²) >= 11 is 0. The van der Waals surface area contributed by atoms with Crippen LogP contribution in [0.3, 0.4) is 0 Å². The van der Waals surface area contributed by atoms with Gasteiger partial charge in [-0.25, -0.2) is 9.78 Å². The second kappa shape index (κ2) is 7.19. The lowest BCUT2D eigenvalue weighted by Crippen LogP contribution is -2.62. The van der Waals surface area contributed by atoms with E-state index in [0.29, 0.717) is 25.5 Å². The summed E-state index contributed by atoms with van der Waals surface area (Å²) in [4.78, 5) is 19.5. The molecule has 29 heavy (non-hydrogen) atoms. The van der Waals surface area contributed by atoms with Crippen molar-refractivity contribution in [2.24, 2.45) is 0 Å². The number of fused-ring (bicyclic) bond motifs is 1. The van der Waals surface area contributed by atoms with Crippen molar-refractivity contribution in [1.82, 2.24) is 15.2 Å². The smallest absolute Gasteiger partial charge is 0.410 e. The topological polar surface area (TPSA) is 67.6 Å². The Labute approximate surface area is 170 Å². The van der Waals surface area contributed by atoms with E-state index in [1.165, 1.54) is 0 Å². The van der Waals surface area contributed by atoms with Crippen LogP contribution in [-0.2, 0) is 16.7 Å². The average Bonchev–Trinajstić information content (AvgIpc) is 3.33. The number of rotatable bonds is 4. The average molecular weight is 391 g/mol. The molecule has 2 saturated heterocycles. The third-order valence-electron chi connectivity index (χ3n) is 6.24. The SMILES string of the molecule is Cc1nc(C2(C3=CCCC=C3)CNCC3C2OC(=O)N3Cc2ccccc2)co1. The Bertz CT molecular complexity index is 965. The van der Waals surface area contributed by atoms with Gasteiger partial charge in [-0.15, -0.1) is 0 Å². The number of amides is 1. The number of ether oxygens (including phenoxy) is 1. The highest BCUT2D eigenvalue weighted by atomic mass is 16.6. The molecule has 6 nitrogen and oxygen atoms in total. The van der Waals surface area contributed by atoms with Gasteiger partial charge in [0.2, 0.25) is 0 Å². The van der Waals surface area contributed by atoms with Crippen molar-refractivity contribution in [3.63, 3.8) is 0 Å². The fourth-order valence-electron chi connectivity index (χ4n) is 4.84. The summed E-state index contributed by atoms with van der Waals surface area (Å²) in [6.07, 6.45) is 9.73. The van der Waals surface area contributed by atoms with Gasteiger partial charge in [0, 0.05) is 26.6 Å². The second-order valence-corrected chi connectivity index (χ2v) is 7.98. The van der Waals surface area contributed by atoms with Gasteiger partial charge >= 0.3 is 6.09 Å². The Balaban J connectivity index is 1.56. The van der Waals surface area contributed by atoms with E-state index in [2.05, 4.69) is 28.5 Å². The van der Waals surface area contributed by atoms with Crippen LogP contribution < -0.4 is 5.32 Å². The van der Waals surface area contributed by atoms with Crippen molar-refractivity contribution >= 4 is 6.09 Å². The number of aryl methyl sites for hydroxylation is 1. The summed E-state index contributed by atoms with van der Waals surface area (Å²) in [7, 11) is 0. The lowest BCUT2D eigenvalue weighted by Gasteiger charge is -2.45. The molecule has 0 bridgehead atoms. The van der Waals surface area contributed by atoms with E-state index in [0.717, 1.165) is 29.7 Å². The number of nitrogens with one attached hydrogen (secondary N) is 1. The normalized spacial score (nSPS) is 28.8. The summed E-state index contributed by atoms with van der Waals surface area (Å²) in [5.74, 6) is 0.618. The summed E-state index contributed by atoms with van der Waals surface area (Å²) in [5.41, 5.74) is 2.51. The highest BCUT2D eigenvalue weighted by molar-refractivity contribution is 5.72. The zero-order valence-corrected chi connectivity index (χ0v) is 16.5. The number of carbonyl (C=O) groups is 1. The number of aromatic nitrogens is 1. The molecule has 1 aliphatic carbocycles. The molecule has 1 amide bonds. The molecule has 6 heteroatoms. The first-order valence-electron chi connectivity index (χ1n) is 10.2. The summed E-state index contributed by atoms with van der Waals surface area (Å²) in [6, 6.07) is 9.97. The van der Waals surface area contributed by atoms with Crippen molar-refractivity contribution in [1.29, 1.82) is 0 Å². The van der Waals surface area contributed by atoms with Crippen molar-refractivity contribution < 1.29 is 13.9 Å². The quantitative estimate of drug-likeness (QED) is 0.864. The van der Waals surface area contributed by atoms with E-state index >= 15 is 0 Å². The molecule has 0 radical (unpaired) electrons. The fraction of sp³-hybridized carbons (Fsp3) is 0.391. The molecule has 3 atom stereocenters. The molecular weight excluding hydrogens is 366 g/mol. The number of hydrogen-bond acceptors (Lipinski definition) is 5. The predicted octanol–water partition coefficient (Wildman–Crippen LogP) is 3.49. The summed E-state index contributed by atoms with van der Waals surface area (Å²) < 4.78 is 11.7. The first-order chi connectivity index (χ1) is 14.2. The molecule has 0 spiro atoms. The molecule has 2 aliphatic heterocycles. The summed E-state index contributed by atoms with van der Waals surface area (Å²) in [5, 5.41) is 3.56. The van der Waals surface area contributed by atoms with Crippen molar-refractivity contribution in [3.05, 3.63) is 77.5 Å². The minimum Gasteiger partial charge on any atom is -0.449 e. The van der Waals surface area contributed by atoms with Gasteiger partial charge in [0.25, 0.3) is 0 Å². The van der Waals surface area contributed by atoms with Crippen molar-refractivity contribution in [2.75, 3.05) is 13.1 Å². The Morgan fingerprint density at radius 1 is 1.28 bits per heavy atom. The largest absolute Gasteiger partial charge is 0.449 e. The molecule has 150 valence electrons. The maximum Gasteiger partial charge on any atom is 0.410 e. The fourth-order valence-corrected chi connectivity index (χ4v) is 4.84. The number of carbonyl (C=O) groups excluding carboxylic acids is 1. The number of benzene rings is 1. The predicted molar refractivity (Wildman–Crippen MR) is 108 cm³/mol. The van der Waals surface area contributed by atoms with Crippen LogP contribution in [0.25, 0.3) is 0 Å². The molecule has 2 fully saturated rings. The number of piperidine rings is 1. The van der Waals surface area contributed by atoms with Gasteiger partial charge in [-0.3, -0.25) is 4.90 Å². The summed E-state index contributed by atoms with van der Waals surface area (Å²) in [6.45, 7) is 3.73. The Kier molecular flexibility index (Phi) is 4.51. The number of allylic oxidation sites excluding steroid dienone is 3. The van der Waals surface area contributed by atoms with Crippen LogP contribution in [0.15, 0.2) is 64.8 Å². The van der Waals surface area contributed by atoms with Gasteiger partial charge in [0.1, 0.15) is 12.4 Å². The first kappa shape index (κ1) is 18.2. The third kappa shape index (κ3) is 2.99. The standard InChI is InChI=1S/C23H25N3O3/c1-16-25-20(14-28-16)23(18-10-6-3-7-11-18)15-24-12-19-21(23)29-22(27)26(19)13-17-8-4-2-5-9-17/h2,4-6,8-11,14,19,21,24H,3,7,12-13,15H2,1H3. The monoisotopic (exact) mass is 391 g/mol. The van der Waals surface area contributed by atoms with Gasteiger partial charge in [-0.05, 0) is 24.0 Å². The van der Waals surface area contributed by atoms with Crippen LogP contribution in [0, 0.1) is 6.92 Å². The molecule has 1 aromatic carbocycles. The minimum absolute atomic E-state index is 0.0790. The Morgan fingerprint density at radius 2 is 2.14 bits per heavy atom. The third-order valence-corrected chi connectivity index (χ3v) is 6.24. The van der Waals surface area contributed by atoms with E-state index in [1.54, 1.807) is 6.26 Å². The van der Waals surface area contributed by atoms with Gasteiger partial charge in [-0.1, -0.05) is 48.6 Å². The van der Waals surface area contributed by atoms with Gasteiger partial charge in [-0.2, -0.15) is 0 Å². The highest BCUT2D eigenvalue weighted by Crippen LogP contribution is 2.45. The van der Waals surface area contributed by atoms with E-state index in [4.69, 9.17) is 9.15 Å².